The van der Waals surface area contributed by atoms with Crippen LogP contribution in [0.15, 0.2) is 45.9 Å². The fourth-order valence-corrected chi connectivity index (χ4v) is 2.23. The van der Waals surface area contributed by atoms with Crippen LogP contribution in [0.4, 0.5) is 5.69 Å². The number of hydrogen-bond donors (Lipinski definition) is 1. The number of aromatic nitrogens is 1. The maximum atomic E-state index is 11.6. The molecule has 1 aromatic carbocycles. The lowest BCUT2D eigenvalue weighted by atomic mass is 10.1. The summed E-state index contributed by atoms with van der Waals surface area (Å²) in [6, 6.07) is 6.12. The van der Waals surface area contributed by atoms with Crippen LogP contribution in [-0.2, 0) is 6.54 Å². The summed E-state index contributed by atoms with van der Waals surface area (Å²) in [5.41, 5.74) is -0.292. The van der Waals surface area contributed by atoms with Gasteiger partial charge in [-0.3, -0.25) is 14.9 Å². The molecule has 0 spiro atoms. The van der Waals surface area contributed by atoms with Crippen LogP contribution in [0.25, 0.3) is 0 Å². The van der Waals surface area contributed by atoms with Crippen LogP contribution in [0.2, 0.25) is 0 Å². The largest absolute Gasteiger partial charge is 0.478 e. The van der Waals surface area contributed by atoms with E-state index in [4.69, 9.17) is 5.11 Å². The zero-order chi connectivity index (χ0) is 15.6. The minimum Gasteiger partial charge on any atom is -0.478 e. The average molecular weight is 353 g/mol. The molecule has 2 aromatic rings. The first-order valence-electron chi connectivity index (χ1n) is 5.74. The van der Waals surface area contributed by atoms with Crippen molar-refractivity contribution in [2.75, 3.05) is 0 Å². The molecule has 0 amide bonds. The molecular weight excluding hydrogens is 344 g/mol. The molecule has 0 saturated heterocycles. The van der Waals surface area contributed by atoms with Gasteiger partial charge < -0.3 is 9.67 Å². The van der Waals surface area contributed by atoms with Crippen LogP contribution in [0.5, 0.6) is 0 Å². The molecule has 2 rings (SSSR count). The first kappa shape index (κ1) is 14.9. The number of carbonyl (C=O) groups is 1. The molecule has 0 atom stereocenters. The van der Waals surface area contributed by atoms with Crippen LogP contribution < -0.4 is 5.43 Å². The predicted octanol–water partition coefficient (Wildman–Crippen LogP) is 2.27. The molecule has 1 heterocycles. The summed E-state index contributed by atoms with van der Waals surface area (Å²) >= 11 is 2.99. The number of carboxylic acids is 1. The van der Waals surface area contributed by atoms with E-state index in [-0.39, 0.29) is 16.6 Å². The van der Waals surface area contributed by atoms with Crippen LogP contribution in [0.3, 0.4) is 0 Å². The summed E-state index contributed by atoms with van der Waals surface area (Å²) in [6.07, 6.45) is 2.60. The molecule has 21 heavy (non-hydrogen) atoms. The van der Waals surface area contributed by atoms with Gasteiger partial charge in [0.15, 0.2) is 0 Å². The number of rotatable bonds is 4. The molecule has 0 aliphatic heterocycles. The Hall–Kier alpha value is -2.48. The van der Waals surface area contributed by atoms with E-state index in [0.29, 0.717) is 0 Å². The Kier molecular flexibility index (Phi) is 4.18. The van der Waals surface area contributed by atoms with Gasteiger partial charge >= 0.3 is 11.7 Å². The van der Waals surface area contributed by atoms with Crippen molar-refractivity contribution in [3.05, 3.63) is 72.6 Å². The van der Waals surface area contributed by atoms with Gasteiger partial charge in [0.2, 0.25) is 0 Å². The maximum absolute atomic E-state index is 11.6. The number of benzene rings is 1. The van der Waals surface area contributed by atoms with Gasteiger partial charge in [-0.15, -0.1) is 0 Å². The van der Waals surface area contributed by atoms with Gasteiger partial charge in [0.25, 0.3) is 5.43 Å². The van der Waals surface area contributed by atoms with Crippen LogP contribution in [0.1, 0.15) is 15.9 Å². The Morgan fingerprint density at radius 1 is 1.29 bits per heavy atom. The van der Waals surface area contributed by atoms with Gasteiger partial charge in [-0.25, -0.2) is 4.79 Å². The normalized spacial score (nSPS) is 10.3. The maximum Gasteiger partial charge on any atom is 0.335 e. The van der Waals surface area contributed by atoms with E-state index >= 15 is 0 Å². The molecule has 0 unspecified atom stereocenters. The fourth-order valence-electron chi connectivity index (χ4n) is 1.76. The number of halogens is 1. The molecule has 1 N–H and O–H groups in total. The third-order valence-electron chi connectivity index (χ3n) is 2.78. The fraction of sp³-hybridized carbons (Fsp3) is 0.0769. The second kappa shape index (κ2) is 5.88. The Morgan fingerprint density at radius 3 is 2.43 bits per heavy atom. The lowest BCUT2D eigenvalue weighted by Crippen LogP contribution is -2.13. The van der Waals surface area contributed by atoms with Gasteiger partial charge in [0.05, 0.1) is 21.2 Å². The Labute approximate surface area is 126 Å². The number of carboxylic acid groups (broad SMARTS) is 1. The van der Waals surface area contributed by atoms with Crippen molar-refractivity contribution in [2.24, 2.45) is 0 Å². The van der Waals surface area contributed by atoms with Crippen molar-refractivity contribution in [1.29, 1.82) is 0 Å². The topological polar surface area (TPSA) is 102 Å². The quantitative estimate of drug-likeness (QED) is 0.671. The summed E-state index contributed by atoms with van der Waals surface area (Å²) in [5.74, 6) is -1.02. The Bertz CT molecular complexity index is 767. The smallest absolute Gasteiger partial charge is 0.335 e. The van der Waals surface area contributed by atoms with E-state index < -0.39 is 22.0 Å². The van der Waals surface area contributed by atoms with E-state index in [1.54, 1.807) is 12.1 Å². The van der Waals surface area contributed by atoms with Gasteiger partial charge in [-0.2, -0.15) is 0 Å². The van der Waals surface area contributed by atoms with Crippen LogP contribution in [-0.4, -0.2) is 20.6 Å². The highest BCUT2D eigenvalue weighted by molar-refractivity contribution is 9.10. The number of nitro groups is 1. The number of hydrogen-bond acceptors (Lipinski definition) is 4. The van der Waals surface area contributed by atoms with Gasteiger partial charge in [0.1, 0.15) is 0 Å². The number of pyridine rings is 1. The molecule has 0 aliphatic rings. The monoisotopic (exact) mass is 352 g/mol. The molecule has 0 saturated carbocycles. The van der Waals surface area contributed by atoms with E-state index in [1.165, 1.54) is 22.9 Å². The Morgan fingerprint density at radius 2 is 1.90 bits per heavy atom. The third kappa shape index (κ3) is 3.34. The highest BCUT2D eigenvalue weighted by Crippen LogP contribution is 2.13. The van der Waals surface area contributed by atoms with Crippen molar-refractivity contribution in [1.82, 2.24) is 4.57 Å². The summed E-state index contributed by atoms with van der Waals surface area (Å²) < 4.78 is 1.58. The van der Waals surface area contributed by atoms with Crippen molar-refractivity contribution in [3.63, 3.8) is 0 Å². The van der Waals surface area contributed by atoms with Crippen LogP contribution in [0, 0.1) is 10.1 Å². The minimum atomic E-state index is -1.02. The molecule has 8 heteroatoms. The Balaban J connectivity index is 2.33. The number of aromatic carboxylic acids is 1. The highest BCUT2D eigenvalue weighted by atomic mass is 79.9. The predicted molar refractivity (Wildman–Crippen MR) is 77.6 cm³/mol. The van der Waals surface area contributed by atoms with E-state index in [2.05, 4.69) is 15.9 Å². The summed E-state index contributed by atoms with van der Waals surface area (Å²) in [4.78, 5) is 32.4. The first-order chi connectivity index (χ1) is 9.88. The van der Waals surface area contributed by atoms with Crippen molar-refractivity contribution in [3.8, 4) is 0 Å². The summed E-state index contributed by atoms with van der Waals surface area (Å²) in [5, 5.41) is 19.6. The highest BCUT2D eigenvalue weighted by Gasteiger charge is 2.15. The third-order valence-corrected chi connectivity index (χ3v) is 3.34. The minimum absolute atomic E-state index is 0.0962. The van der Waals surface area contributed by atoms with Gasteiger partial charge in [-0.1, -0.05) is 12.1 Å². The zero-order valence-corrected chi connectivity index (χ0v) is 12.1. The lowest BCUT2D eigenvalue weighted by Gasteiger charge is -2.07. The zero-order valence-electron chi connectivity index (χ0n) is 10.5. The van der Waals surface area contributed by atoms with E-state index in [1.807, 2.05) is 0 Å². The average Bonchev–Trinajstić information content (AvgIpc) is 2.43. The van der Waals surface area contributed by atoms with Gasteiger partial charge in [-0.05, 0) is 33.6 Å². The van der Waals surface area contributed by atoms with E-state index in [9.17, 15) is 19.7 Å². The molecule has 0 bridgehead atoms. The molecular formula is C13H9BrN2O5. The van der Waals surface area contributed by atoms with Crippen molar-refractivity contribution >= 4 is 27.6 Å². The van der Waals surface area contributed by atoms with Crippen molar-refractivity contribution in [2.45, 2.75) is 6.54 Å². The standard InChI is InChI=1S/C13H9BrN2O5/c14-10-6-15(7-11(12(10)17)16(20)21)5-8-1-3-9(4-2-8)13(18)19/h1-4,6-7H,5H2,(H,18,19). The molecule has 0 aliphatic carbocycles. The van der Waals surface area contributed by atoms with Gasteiger partial charge in [0, 0.05) is 12.7 Å². The van der Waals surface area contributed by atoms with E-state index in [0.717, 1.165) is 11.8 Å². The summed E-state index contributed by atoms with van der Waals surface area (Å²) in [7, 11) is 0. The number of nitrogens with zero attached hydrogens (tertiary/aromatic N) is 2. The lowest BCUT2D eigenvalue weighted by molar-refractivity contribution is -0.386. The molecule has 108 valence electrons. The van der Waals surface area contributed by atoms with Crippen molar-refractivity contribution < 1.29 is 14.8 Å². The molecule has 0 radical (unpaired) electrons. The second-order valence-electron chi connectivity index (χ2n) is 4.25. The molecule has 7 nitrogen and oxygen atoms in total. The molecule has 1 aromatic heterocycles. The second-order valence-corrected chi connectivity index (χ2v) is 5.11. The first-order valence-corrected chi connectivity index (χ1v) is 6.54. The SMILES string of the molecule is O=C(O)c1ccc(Cn2cc(Br)c(=O)c([N+](=O)[O-])c2)cc1. The molecule has 0 fully saturated rings. The van der Waals surface area contributed by atoms with Crippen LogP contribution >= 0.6 is 15.9 Å². The summed E-state index contributed by atoms with van der Waals surface area (Å²) in [6.45, 7) is 0.277.